The molecule has 8 nitrogen and oxygen atoms in total. The number of ether oxygens (including phenoxy) is 2. The Morgan fingerprint density at radius 3 is 2.28 bits per heavy atom. The third-order valence-electron chi connectivity index (χ3n) is 6.48. The number of amides is 1. The van der Waals surface area contributed by atoms with E-state index in [1.165, 1.54) is 7.11 Å². The number of piperazine rings is 1. The van der Waals surface area contributed by atoms with Gasteiger partial charge in [0.2, 0.25) is 0 Å². The molecule has 0 radical (unpaired) electrons. The largest absolute Gasteiger partial charge is 0.465 e. The van der Waals surface area contributed by atoms with Crippen LogP contribution in [0.3, 0.4) is 0 Å². The van der Waals surface area contributed by atoms with Crippen LogP contribution < -0.4 is 0 Å². The summed E-state index contributed by atoms with van der Waals surface area (Å²) in [6, 6.07) is 16.7. The van der Waals surface area contributed by atoms with Gasteiger partial charge in [0.1, 0.15) is 0 Å². The minimum Gasteiger partial charge on any atom is -0.465 e. The average Bonchev–Trinajstić information content (AvgIpc) is 3.24. The summed E-state index contributed by atoms with van der Waals surface area (Å²) >= 11 is 6.11. The van der Waals surface area contributed by atoms with E-state index < -0.39 is 0 Å². The number of halogens is 1. The van der Waals surface area contributed by atoms with Crippen LogP contribution in [0.5, 0.6) is 0 Å². The first-order chi connectivity index (χ1) is 17.3. The van der Waals surface area contributed by atoms with Gasteiger partial charge in [0.15, 0.2) is 5.69 Å². The maximum absolute atomic E-state index is 12.9. The third-order valence-corrected chi connectivity index (χ3v) is 6.74. The molecule has 1 aliphatic heterocycles. The standard InChI is InChI=1S/C27H31ClN4O4/c1-19-16-24(29-30(19)2)26(33)32-14-12-31(13-15-32)17-25(21-8-10-23(28)11-9-21)36-18-20-4-6-22(7-5-20)27(34)35-3/h4-11,16,25H,12-15,17-18H2,1-3H3. The van der Waals surface area contributed by atoms with Crippen LogP contribution >= 0.6 is 11.6 Å². The predicted octanol–water partition coefficient (Wildman–Crippen LogP) is 3.88. The highest BCUT2D eigenvalue weighted by molar-refractivity contribution is 6.30. The van der Waals surface area contributed by atoms with Crippen LogP contribution in [-0.4, -0.2) is 71.3 Å². The van der Waals surface area contributed by atoms with Crippen LogP contribution in [0.2, 0.25) is 5.02 Å². The Morgan fingerprint density at radius 2 is 1.69 bits per heavy atom. The lowest BCUT2D eigenvalue weighted by molar-refractivity contribution is 0.00334. The lowest BCUT2D eigenvalue weighted by atomic mass is 10.1. The second kappa shape index (κ2) is 11.7. The minimum atomic E-state index is -0.364. The van der Waals surface area contributed by atoms with Gasteiger partial charge in [-0.3, -0.25) is 14.4 Å². The van der Waals surface area contributed by atoms with Crippen molar-refractivity contribution in [2.24, 2.45) is 7.05 Å². The Morgan fingerprint density at radius 1 is 1.03 bits per heavy atom. The van der Waals surface area contributed by atoms with Crippen LogP contribution in [0, 0.1) is 6.92 Å². The fraction of sp³-hybridized carbons (Fsp3) is 0.370. The number of aryl methyl sites for hydroxylation is 2. The van der Waals surface area contributed by atoms with Crippen LogP contribution in [0.15, 0.2) is 54.6 Å². The fourth-order valence-electron chi connectivity index (χ4n) is 4.18. The molecule has 190 valence electrons. The van der Waals surface area contributed by atoms with E-state index in [9.17, 15) is 9.59 Å². The van der Waals surface area contributed by atoms with Gasteiger partial charge in [0.25, 0.3) is 5.91 Å². The van der Waals surface area contributed by atoms with E-state index in [0.717, 1.165) is 29.9 Å². The number of carbonyl (C=O) groups is 2. The highest BCUT2D eigenvalue weighted by Crippen LogP contribution is 2.24. The van der Waals surface area contributed by atoms with Crippen molar-refractivity contribution in [1.82, 2.24) is 19.6 Å². The second-order valence-corrected chi connectivity index (χ2v) is 9.36. The van der Waals surface area contributed by atoms with Crippen molar-refractivity contribution in [2.45, 2.75) is 19.6 Å². The Labute approximate surface area is 216 Å². The van der Waals surface area contributed by atoms with Gasteiger partial charge in [-0.15, -0.1) is 0 Å². The molecule has 3 aromatic rings. The minimum absolute atomic E-state index is 0.0285. The van der Waals surface area contributed by atoms with Crippen LogP contribution in [0.1, 0.15) is 43.8 Å². The first kappa shape index (κ1) is 25.9. The van der Waals surface area contributed by atoms with Crippen molar-refractivity contribution in [2.75, 3.05) is 39.8 Å². The molecule has 0 N–H and O–H groups in total. The monoisotopic (exact) mass is 510 g/mol. The van der Waals surface area contributed by atoms with Gasteiger partial charge in [-0.05, 0) is 48.4 Å². The van der Waals surface area contributed by atoms with Crippen molar-refractivity contribution < 1.29 is 19.1 Å². The number of benzene rings is 2. The van der Waals surface area contributed by atoms with Crippen molar-refractivity contribution in [3.05, 3.63) is 87.7 Å². The first-order valence-corrected chi connectivity index (χ1v) is 12.3. The molecule has 0 saturated carbocycles. The lowest BCUT2D eigenvalue weighted by Gasteiger charge is -2.36. The second-order valence-electron chi connectivity index (χ2n) is 8.93. The smallest absolute Gasteiger partial charge is 0.337 e. The van der Waals surface area contributed by atoms with Gasteiger partial charge in [0, 0.05) is 50.5 Å². The topological polar surface area (TPSA) is 76.9 Å². The fourth-order valence-corrected chi connectivity index (χ4v) is 4.30. The Kier molecular flexibility index (Phi) is 8.40. The van der Waals surface area contributed by atoms with Crippen molar-refractivity contribution >= 4 is 23.5 Å². The predicted molar refractivity (Wildman–Crippen MR) is 137 cm³/mol. The SMILES string of the molecule is COC(=O)c1ccc(COC(CN2CCN(C(=O)c3cc(C)n(C)n3)CC2)c2ccc(Cl)cc2)cc1. The molecule has 1 atom stereocenters. The van der Waals surface area contributed by atoms with Crippen molar-refractivity contribution in [3.63, 3.8) is 0 Å². The van der Waals surface area contributed by atoms with Gasteiger partial charge in [0.05, 0.1) is 25.4 Å². The van der Waals surface area contributed by atoms with Gasteiger partial charge < -0.3 is 14.4 Å². The molecule has 4 rings (SSSR count). The molecule has 1 aliphatic rings. The zero-order valence-electron chi connectivity index (χ0n) is 20.8. The molecule has 0 aliphatic carbocycles. The maximum Gasteiger partial charge on any atom is 0.337 e. The summed E-state index contributed by atoms with van der Waals surface area (Å²) in [4.78, 5) is 28.7. The Hall–Kier alpha value is -3.20. The third kappa shape index (κ3) is 6.32. The normalized spacial score (nSPS) is 15.1. The number of methoxy groups -OCH3 is 1. The maximum atomic E-state index is 12.9. The van der Waals surface area contributed by atoms with Gasteiger partial charge in [-0.1, -0.05) is 35.9 Å². The van der Waals surface area contributed by atoms with E-state index in [-0.39, 0.29) is 18.0 Å². The lowest BCUT2D eigenvalue weighted by Crippen LogP contribution is -2.49. The number of aromatic nitrogens is 2. The molecule has 1 amide bonds. The summed E-state index contributed by atoms with van der Waals surface area (Å²) < 4.78 is 12.8. The summed E-state index contributed by atoms with van der Waals surface area (Å²) in [6.07, 6.45) is -0.178. The molecule has 2 aromatic carbocycles. The van der Waals surface area contributed by atoms with E-state index in [1.807, 2.05) is 61.3 Å². The zero-order valence-corrected chi connectivity index (χ0v) is 21.6. The summed E-state index contributed by atoms with van der Waals surface area (Å²) in [5.74, 6) is -0.392. The van der Waals surface area contributed by atoms with E-state index in [0.29, 0.717) is 42.5 Å². The average molecular weight is 511 g/mol. The number of carbonyl (C=O) groups excluding carboxylic acids is 2. The molecule has 2 heterocycles. The first-order valence-electron chi connectivity index (χ1n) is 11.9. The van der Waals surface area contributed by atoms with Gasteiger partial charge in [-0.2, -0.15) is 5.10 Å². The molecule has 1 saturated heterocycles. The van der Waals surface area contributed by atoms with Crippen molar-refractivity contribution in [3.8, 4) is 0 Å². The molecule has 9 heteroatoms. The molecule has 36 heavy (non-hydrogen) atoms. The molecule has 1 fully saturated rings. The van der Waals surface area contributed by atoms with E-state index in [4.69, 9.17) is 21.1 Å². The highest BCUT2D eigenvalue weighted by Gasteiger charge is 2.26. The molecular weight excluding hydrogens is 480 g/mol. The number of rotatable bonds is 8. The van der Waals surface area contributed by atoms with E-state index in [1.54, 1.807) is 16.8 Å². The summed E-state index contributed by atoms with van der Waals surface area (Å²) in [6.45, 7) is 5.79. The van der Waals surface area contributed by atoms with Gasteiger partial charge in [-0.25, -0.2) is 4.79 Å². The molecule has 1 aromatic heterocycles. The number of hydrogen-bond acceptors (Lipinski definition) is 6. The van der Waals surface area contributed by atoms with Crippen LogP contribution in [0.25, 0.3) is 0 Å². The van der Waals surface area contributed by atoms with Crippen molar-refractivity contribution in [1.29, 1.82) is 0 Å². The summed E-state index contributed by atoms with van der Waals surface area (Å²) in [7, 11) is 3.21. The van der Waals surface area contributed by atoms with Crippen LogP contribution in [-0.2, 0) is 23.1 Å². The van der Waals surface area contributed by atoms with Crippen LogP contribution in [0.4, 0.5) is 0 Å². The zero-order chi connectivity index (χ0) is 25.7. The number of nitrogens with zero attached hydrogens (tertiary/aromatic N) is 4. The quantitative estimate of drug-likeness (QED) is 0.428. The summed E-state index contributed by atoms with van der Waals surface area (Å²) in [5.41, 5.74) is 3.95. The van der Waals surface area contributed by atoms with E-state index >= 15 is 0 Å². The Balaban J connectivity index is 1.38. The van der Waals surface area contributed by atoms with Gasteiger partial charge >= 0.3 is 5.97 Å². The molecule has 0 spiro atoms. The Bertz CT molecular complexity index is 1170. The molecular formula is C27H31ClN4O4. The number of esters is 1. The highest BCUT2D eigenvalue weighted by atomic mass is 35.5. The summed E-state index contributed by atoms with van der Waals surface area (Å²) in [5, 5.41) is 5.00. The molecule has 1 unspecified atom stereocenters. The van der Waals surface area contributed by atoms with E-state index in [2.05, 4.69) is 10.00 Å². The number of hydrogen-bond donors (Lipinski definition) is 0. The molecule has 0 bridgehead atoms.